The normalized spacial score (nSPS) is 14.3. The quantitative estimate of drug-likeness (QED) is 0.593. The van der Waals surface area contributed by atoms with Crippen LogP contribution in [0.15, 0.2) is 18.3 Å². The number of rotatable bonds is 6. The van der Waals surface area contributed by atoms with Gasteiger partial charge in [0, 0.05) is 45.0 Å². The summed E-state index contributed by atoms with van der Waals surface area (Å²) < 4.78 is 59.4. The number of hydrogen-bond acceptors (Lipinski definition) is 7. The predicted molar refractivity (Wildman–Crippen MR) is 106 cm³/mol. The molecule has 1 fully saturated rings. The summed E-state index contributed by atoms with van der Waals surface area (Å²) in [6.07, 6.45) is -4.00. The number of amides is 1. The van der Waals surface area contributed by atoms with Crippen LogP contribution in [0.5, 0.6) is 5.75 Å². The summed E-state index contributed by atoms with van der Waals surface area (Å²) in [6.45, 7) is 3.97. The molecule has 0 radical (unpaired) electrons. The van der Waals surface area contributed by atoms with Gasteiger partial charge in [-0.15, -0.1) is 0 Å². The van der Waals surface area contributed by atoms with Crippen molar-refractivity contribution in [1.82, 2.24) is 20.2 Å². The number of nitrogens with one attached hydrogen (secondary N) is 3. The maximum absolute atomic E-state index is 14.7. The Morgan fingerprint density at radius 1 is 1.29 bits per heavy atom. The molecule has 0 atom stereocenters. The molecule has 0 unspecified atom stereocenters. The van der Waals surface area contributed by atoms with E-state index in [1.54, 1.807) is 6.92 Å². The lowest BCUT2D eigenvalue weighted by atomic mass is 10.1. The lowest BCUT2D eigenvalue weighted by molar-refractivity contribution is -0.137. The average molecular weight is 442 g/mol. The molecule has 3 N–H and O–H groups in total. The monoisotopic (exact) mass is 442 g/mol. The molecule has 0 bridgehead atoms. The minimum Gasteiger partial charge on any atom is -0.495 e. The fourth-order valence-corrected chi connectivity index (χ4v) is 3.09. The van der Waals surface area contributed by atoms with E-state index in [0.29, 0.717) is 32.4 Å². The molecule has 0 saturated carbocycles. The van der Waals surface area contributed by atoms with Crippen LogP contribution >= 0.6 is 0 Å². The van der Waals surface area contributed by atoms with Crippen molar-refractivity contribution in [2.45, 2.75) is 13.1 Å². The number of nitrogens with zero attached hydrogens (tertiary/aromatic N) is 3. The van der Waals surface area contributed by atoms with Crippen molar-refractivity contribution in [2.75, 3.05) is 50.5 Å². The molecular weight excluding hydrogens is 420 g/mol. The molecular formula is C19H22F4N6O2. The first-order valence-electron chi connectivity index (χ1n) is 9.57. The Balaban J connectivity index is 1.90. The van der Waals surface area contributed by atoms with E-state index in [0.717, 1.165) is 6.07 Å². The van der Waals surface area contributed by atoms with Gasteiger partial charge in [-0.2, -0.15) is 18.2 Å². The molecule has 1 aliphatic rings. The highest BCUT2D eigenvalue weighted by Gasteiger charge is 2.35. The maximum atomic E-state index is 14.7. The van der Waals surface area contributed by atoms with Crippen molar-refractivity contribution in [3.8, 4) is 5.75 Å². The van der Waals surface area contributed by atoms with Crippen molar-refractivity contribution in [2.24, 2.45) is 0 Å². The molecule has 1 saturated heterocycles. The number of piperazine rings is 1. The van der Waals surface area contributed by atoms with Gasteiger partial charge in [-0.25, -0.2) is 9.37 Å². The van der Waals surface area contributed by atoms with Crippen molar-refractivity contribution in [1.29, 1.82) is 0 Å². The second-order valence-corrected chi connectivity index (χ2v) is 6.68. The summed E-state index contributed by atoms with van der Waals surface area (Å²) in [7, 11) is 1.33. The van der Waals surface area contributed by atoms with Crippen LogP contribution < -0.4 is 20.7 Å². The van der Waals surface area contributed by atoms with Crippen molar-refractivity contribution < 1.29 is 27.1 Å². The summed E-state index contributed by atoms with van der Waals surface area (Å²) in [5, 5.41) is 8.31. The Morgan fingerprint density at radius 3 is 2.61 bits per heavy atom. The van der Waals surface area contributed by atoms with Gasteiger partial charge in [0.2, 0.25) is 5.95 Å². The minimum atomic E-state index is -4.63. The number of alkyl halides is 3. The molecule has 0 aliphatic carbocycles. The third-order valence-electron chi connectivity index (χ3n) is 4.61. The van der Waals surface area contributed by atoms with Crippen LogP contribution in [-0.4, -0.2) is 60.6 Å². The Hall–Kier alpha value is -3.15. The molecule has 0 spiro atoms. The van der Waals surface area contributed by atoms with E-state index in [-0.39, 0.29) is 29.5 Å². The molecule has 8 nitrogen and oxygen atoms in total. The minimum absolute atomic E-state index is 0.0686. The second-order valence-electron chi connectivity index (χ2n) is 6.68. The maximum Gasteiger partial charge on any atom is 0.421 e. The molecule has 3 rings (SSSR count). The van der Waals surface area contributed by atoms with Gasteiger partial charge < -0.3 is 25.6 Å². The van der Waals surface area contributed by atoms with E-state index in [4.69, 9.17) is 4.74 Å². The molecule has 31 heavy (non-hydrogen) atoms. The SMILES string of the molecule is CCNc1nc(Nc2cc(F)c(C(=O)N3CCNCC3)cc2OC)ncc1C(F)(F)F. The van der Waals surface area contributed by atoms with Gasteiger partial charge in [0.15, 0.2) is 0 Å². The van der Waals surface area contributed by atoms with Gasteiger partial charge in [-0.1, -0.05) is 0 Å². The predicted octanol–water partition coefficient (Wildman–Crippen LogP) is 2.86. The van der Waals surface area contributed by atoms with Gasteiger partial charge in [0.1, 0.15) is 22.9 Å². The van der Waals surface area contributed by atoms with Crippen molar-refractivity contribution in [3.63, 3.8) is 0 Å². The smallest absolute Gasteiger partial charge is 0.421 e. The molecule has 1 amide bonds. The van der Waals surface area contributed by atoms with Gasteiger partial charge in [0.05, 0.1) is 18.4 Å². The van der Waals surface area contributed by atoms with Crippen LogP contribution in [0.4, 0.5) is 35.0 Å². The first kappa shape index (κ1) is 22.5. The molecule has 1 aromatic carbocycles. The molecule has 1 aromatic heterocycles. The van der Waals surface area contributed by atoms with Crippen LogP contribution in [0.3, 0.4) is 0 Å². The van der Waals surface area contributed by atoms with E-state index in [2.05, 4.69) is 25.9 Å². The summed E-state index contributed by atoms with van der Waals surface area (Å²) in [5.41, 5.74) is -1.11. The lowest BCUT2D eigenvalue weighted by Crippen LogP contribution is -2.46. The highest BCUT2D eigenvalue weighted by atomic mass is 19.4. The number of hydrogen-bond donors (Lipinski definition) is 3. The third kappa shape index (κ3) is 5.13. The fourth-order valence-electron chi connectivity index (χ4n) is 3.09. The Kier molecular flexibility index (Phi) is 6.78. The van der Waals surface area contributed by atoms with Crippen LogP contribution in [0.25, 0.3) is 0 Å². The molecule has 2 aromatic rings. The number of aromatic nitrogens is 2. The topological polar surface area (TPSA) is 91.4 Å². The van der Waals surface area contributed by atoms with Crippen LogP contribution in [0.2, 0.25) is 0 Å². The fraction of sp³-hybridized carbons (Fsp3) is 0.421. The molecule has 12 heteroatoms. The third-order valence-corrected chi connectivity index (χ3v) is 4.61. The standard InChI is InChI=1S/C19H22F4N6O2/c1-3-25-16-12(19(21,22)23)10-26-18(28-16)27-14-9-13(20)11(8-15(14)31-2)17(30)29-6-4-24-5-7-29/h8-10,24H,3-7H2,1-2H3,(H2,25,26,27,28). The average Bonchev–Trinajstić information content (AvgIpc) is 2.74. The number of anilines is 3. The number of carbonyl (C=O) groups is 1. The molecule has 168 valence electrons. The zero-order valence-corrected chi connectivity index (χ0v) is 16.9. The Morgan fingerprint density at radius 2 is 2.00 bits per heavy atom. The largest absolute Gasteiger partial charge is 0.495 e. The van der Waals surface area contributed by atoms with Crippen LogP contribution in [-0.2, 0) is 6.18 Å². The zero-order chi connectivity index (χ0) is 22.6. The zero-order valence-electron chi connectivity index (χ0n) is 16.9. The highest BCUT2D eigenvalue weighted by Crippen LogP contribution is 2.35. The first-order valence-corrected chi connectivity index (χ1v) is 9.57. The number of halogens is 4. The van der Waals surface area contributed by atoms with Gasteiger partial charge in [-0.3, -0.25) is 4.79 Å². The summed E-state index contributed by atoms with van der Waals surface area (Å²) in [4.78, 5) is 21.7. The number of methoxy groups -OCH3 is 1. The van der Waals surface area contributed by atoms with E-state index >= 15 is 0 Å². The summed E-state index contributed by atoms with van der Waals surface area (Å²) >= 11 is 0. The highest BCUT2D eigenvalue weighted by molar-refractivity contribution is 5.96. The molecule has 1 aliphatic heterocycles. The van der Waals surface area contributed by atoms with Crippen LogP contribution in [0.1, 0.15) is 22.8 Å². The van der Waals surface area contributed by atoms with Crippen LogP contribution in [0, 0.1) is 5.82 Å². The number of carbonyl (C=O) groups excluding carboxylic acids is 1. The molecule has 2 heterocycles. The van der Waals surface area contributed by atoms with Gasteiger partial charge in [-0.05, 0) is 13.0 Å². The van der Waals surface area contributed by atoms with E-state index < -0.39 is 29.3 Å². The van der Waals surface area contributed by atoms with Crippen molar-refractivity contribution in [3.05, 3.63) is 35.3 Å². The summed E-state index contributed by atoms with van der Waals surface area (Å²) in [5.74, 6) is -1.75. The van der Waals surface area contributed by atoms with E-state index in [1.807, 2.05) is 0 Å². The van der Waals surface area contributed by atoms with Gasteiger partial charge >= 0.3 is 6.18 Å². The summed E-state index contributed by atoms with van der Waals surface area (Å²) in [6, 6.07) is 2.28. The first-order chi connectivity index (χ1) is 14.7. The number of benzene rings is 1. The lowest BCUT2D eigenvalue weighted by Gasteiger charge is -2.27. The Bertz CT molecular complexity index is 948. The van der Waals surface area contributed by atoms with E-state index in [9.17, 15) is 22.4 Å². The van der Waals surface area contributed by atoms with Gasteiger partial charge in [0.25, 0.3) is 5.91 Å². The Labute approximate surface area is 176 Å². The van der Waals surface area contributed by atoms with Crippen molar-refractivity contribution >= 4 is 23.4 Å². The second kappa shape index (κ2) is 9.33. The number of ether oxygens (including phenoxy) is 1. The van der Waals surface area contributed by atoms with E-state index in [1.165, 1.54) is 18.1 Å².